The molecule has 2 rings (SSSR count). The van der Waals surface area contributed by atoms with Crippen molar-refractivity contribution in [3.8, 4) is 0 Å². The molecule has 0 saturated carbocycles. The molecule has 1 aromatic rings. The molecule has 0 spiro atoms. The van der Waals surface area contributed by atoms with Gasteiger partial charge in [-0.05, 0) is 13.0 Å². The van der Waals surface area contributed by atoms with Crippen molar-refractivity contribution in [2.24, 2.45) is 0 Å². The van der Waals surface area contributed by atoms with E-state index in [-0.39, 0.29) is 11.6 Å². The summed E-state index contributed by atoms with van der Waals surface area (Å²) in [6.07, 6.45) is 1.77. The van der Waals surface area contributed by atoms with Crippen molar-refractivity contribution < 1.29 is 13.9 Å². The lowest BCUT2D eigenvalue weighted by molar-refractivity contribution is 0.103. The molecule has 0 radical (unpaired) electrons. The topological polar surface area (TPSA) is 26.3 Å². The highest BCUT2D eigenvalue weighted by atomic mass is 19.1. The van der Waals surface area contributed by atoms with Gasteiger partial charge in [-0.2, -0.15) is 0 Å². The molecule has 3 heteroatoms. The first-order valence-electron chi connectivity index (χ1n) is 4.86. The Morgan fingerprint density at radius 2 is 2.33 bits per heavy atom. The molecule has 15 heavy (non-hydrogen) atoms. The second-order valence-electron chi connectivity index (χ2n) is 3.37. The molecule has 0 aromatic heterocycles. The van der Waals surface area contributed by atoms with E-state index >= 15 is 0 Å². The van der Waals surface area contributed by atoms with Crippen molar-refractivity contribution in [1.82, 2.24) is 0 Å². The standard InChI is InChI=1S/C12H11FO2/c1-2-15-7-8-6-10-9(12(8)14)4-3-5-11(10)13/h3-5,7H,2,6H2,1H3/b8-7-. The Morgan fingerprint density at radius 1 is 1.53 bits per heavy atom. The Morgan fingerprint density at radius 3 is 3.00 bits per heavy atom. The second kappa shape index (κ2) is 3.85. The van der Waals surface area contributed by atoms with Gasteiger partial charge in [0.1, 0.15) is 5.82 Å². The minimum Gasteiger partial charge on any atom is -0.501 e. The van der Waals surface area contributed by atoms with Gasteiger partial charge in [0.25, 0.3) is 0 Å². The van der Waals surface area contributed by atoms with Gasteiger partial charge in [0.15, 0.2) is 5.78 Å². The molecule has 1 aromatic carbocycles. The van der Waals surface area contributed by atoms with E-state index in [0.29, 0.717) is 29.7 Å². The lowest BCUT2D eigenvalue weighted by Crippen LogP contribution is -1.96. The van der Waals surface area contributed by atoms with Crippen LogP contribution in [0.4, 0.5) is 4.39 Å². The molecular weight excluding hydrogens is 195 g/mol. The molecule has 0 unspecified atom stereocenters. The molecule has 0 atom stereocenters. The Bertz CT molecular complexity index is 435. The number of hydrogen-bond donors (Lipinski definition) is 0. The number of carbonyl (C=O) groups excluding carboxylic acids is 1. The minimum absolute atomic E-state index is 0.127. The summed E-state index contributed by atoms with van der Waals surface area (Å²) < 4.78 is 18.4. The van der Waals surface area contributed by atoms with E-state index in [2.05, 4.69) is 0 Å². The summed E-state index contributed by atoms with van der Waals surface area (Å²) in [7, 11) is 0. The van der Waals surface area contributed by atoms with Crippen LogP contribution in [-0.4, -0.2) is 12.4 Å². The van der Waals surface area contributed by atoms with E-state index in [1.807, 2.05) is 6.92 Å². The molecule has 0 heterocycles. The van der Waals surface area contributed by atoms with E-state index in [0.717, 1.165) is 0 Å². The second-order valence-corrected chi connectivity index (χ2v) is 3.37. The van der Waals surface area contributed by atoms with Crippen LogP contribution in [0.3, 0.4) is 0 Å². The molecule has 0 saturated heterocycles. The van der Waals surface area contributed by atoms with Crippen LogP contribution in [0.5, 0.6) is 0 Å². The zero-order valence-electron chi connectivity index (χ0n) is 8.42. The Kier molecular flexibility index (Phi) is 2.54. The summed E-state index contributed by atoms with van der Waals surface area (Å²) in [4.78, 5) is 11.7. The number of rotatable bonds is 2. The van der Waals surface area contributed by atoms with Crippen LogP contribution < -0.4 is 0 Å². The highest BCUT2D eigenvalue weighted by molar-refractivity contribution is 6.13. The van der Waals surface area contributed by atoms with Crippen molar-refractivity contribution >= 4 is 5.78 Å². The molecule has 0 bridgehead atoms. The first-order valence-corrected chi connectivity index (χ1v) is 4.86. The smallest absolute Gasteiger partial charge is 0.192 e. The Hall–Kier alpha value is -1.64. The molecule has 2 nitrogen and oxygen atoms in total. The lowest BCUT2D eigenvalue weighted by Gasteiger charge is -1.96. The van der Waals surface area contributed by atoms with Gasteiger partial charge in [-0.15, -0.1) is 0 Å². The number of benzene rings is 1. The van der Waals surface area contributed by atoms with Crippen molar-refractivity contribution in [3.63, 3.8) is 0 Å². The number of carbonyl (C=O) groups is 1. The van der Waals surface area contributed by atoms with Gasteiger partial charge in [-0.3, -0.25) is 4.79 Å². The van der Waals surface area contributed by atoms with E-state index in [1.54, 1.807) is 12.1 Å². The fourth-order valence-corrected chi connectivity index (χ4v) is 1.67. The molecule has 78 valence electrons. The number of fused-ring (bicyclic) bond motifs is 1. The average molecular weight is 206 g/mol. The molecular formula is C12H11FO2. The maximum atomic E-state index is 13.3. The van der Waals surface area contributed by atoms with Gasteiger partial charge in [0, 0.05) is 23.1 Å². The lowest BCUT2D eigenvalue weighted by atomic mass is 10.1. The van der Waals surface area contributed by atoms with Crippen LogP contribution in [-0.2, 0) is 11.2 Å². The summed E-state index contributed by atoms with van der Waals surface area (Å²) in [6.45, 7) is 2.35. The van der Waals surface area contributed by atoms with E-state index in [4.69, 9.17) is 4.74 Å². The number of ether oxygens (including phenoxy) is 1. The van der Waals surface area contributed by atoms with Gasteiger partial charge < -0.3 is 4.74 Å². The first-order chi connectivity index (χ1) is 7.24. The fourth-order valence-electron chi connectivity index (χ4n) is 1.67. The van der Waals surface area contributed by atoms with Crippen molar-refractivity contribution in [3.05, 3.63) is 47.0 Å². The van der Waals surface area contributed by atoms with Crippen molar-refractivity contribution in [2.45, 2.75) is 13.3 Å². The minimum atomic E-state index is -0.319. The SMILES string of the molecule is CCO/C=C1/Cc2c(F)cccc2C1=O. The number of halogens is 1. The van der Waals surface area contributed by atoms with Crippen LogP contribution in [0.15, 0.2) is 30.0 Å². The fraction of sp³-hybridized carbons (Fsp3) is 0.250. The monoisotopic (exact) mass is 206 g/mol. The van der Waals surface area contributed by atoms with E-state index < -0.39 is 0 Å². The van der Waals surface area contributed by atoms with Crippen LogP contribution in [0, 0.1) is 5.82 Å². The van der Waals surface area contributed by atoms with Crippen LogP contribution in [0.1, 0.15) is 22.8 Å². The van der Waals surface area contributed by atoms with Gasteiger partial charge in [-0.1, -0.05) is 12.1 Å². The Labute approximate surface area is 87.4 Å². The zero-order valence-corrected chi connectivity index (χ0v) is 8.42. The van der Waals surface area contributed by atoms with Crippen LogP contribution in [0.25, 0.3) is 0 Å². The summed E-state index contributed by atoms with van der Waals surface area (Å²) in [6, 6.07) is 4.57. The number of ketones is 1. The van der Waals surface area contributed by atoms with Gasteiger partial charge in [0.05, 0.1) is 12.9 Å². The van der Waals surface area contributed by atoms with Gasteiger partial charge >= 0.3 is 0 Å². The molecule has 0 fully saturated rings. The number of allylic oxidation sites excluding steroid dienone is 1. The predicted molar refractivity (Wildman–Crippen MR) is 54.1 cm³/mol. The molecule has 0 aliphatic heterocycles. The maximum Gasteiger partial charge on any atom is 0.192 e. The molecule has 1 aliphatic rings. The third-order valence-electron chi connectivity index (χ3n) is 2.41. The van der Waals surface area contributed by atoms with Crippen LogP contribution in [0.2, 0.25) is 0 Å². The molecule has 0 N–H and O–H groups in total. The summed E-state index contributed by atoms with van der Waals surface area (Å²) in [5.41, 5.74) is 1.46. The largest absolute Gasteiger partial charge is 0.501 e. The first kappa shape index (κ1) is 9.90. The molecule has 0 amide bonds. The summed E-state index contributed by atoms with van der Waals surface area (Å²) >= 11 is 0. The average Bonchev–Trinajstić information content (AvgIpc) is 2.55. The highest BCUT2D eigenvalue weighted by Crippen LogP contribution is 2.28. The third-order valence-corrected chi connectivity index (χ3v) is 2.41. The van der Waals surface area contributed by atoms with E-state index in [1.165, 1.54) is 12.3 Å². The predicted octanol–water partition coefficient (Wildman–Crippen LogP) is 2.48. The zero-order chi connectivity index (χ0) is 10.8. The maximum absolute atomic E-state index is 13.3. The van der Waals surface area contributed by atoms with Crippen LogP contribution >= 0.6 is 0 Å². The number of Topliss-reactive ketones (excluding diaryl/α,β-unsaturated/α-hetero) is 1. The van der Waals surface area contributed by atoms with Gasteiger partial charge in [-0.25, -0.2) is 4.39 Å². The molecule has 1 aliphatic carbocycles. The van der Waals surface area contributed by atoms with E-state index in [9.17, 15) is 9.18 Å². The summed E-state index contributed by atoms with van der Waals surface area (Å²) in [5.74, 6) is -0.446. The van der Waals surface area contributed by atoms with Gasteiger partial charge in [0.2, 0.25) is 0 Å². The third kappa shape index (κ3) is 1.65. The quantitative estimate of drug-likeness (QED) is 0.549. The highest BCUT2D eigenvalue weighted by Gasteiger charge is 2.27. The Balaban J connectivity index is 2.37. The van der Waals surface area contributed by atoms with Crippen molar-refractivity contribution in [1.29, 1.82) is 0 Å². The summed E-state index contributed by atoms with van der Waals surface area (Å²) in [5, 5.41) is 0. The normalized spacial score (nSPS) is 16.9. The number of hydrogen-bond acceptors (Lipinski definition) is 2. The van der Waals surface area contributed by atoms with Crippen molar-refractivity contribution in [2.75, 3.05) is 6.61 Å².